The second-order valence-electron chi connectivity index (χ2n) is 6.90. The number of aromatic nitrogens is 2. The summed E-state index contributed by atoms with van der Waals surface area (Å²) in [7, 11) is 2.03. The first-order valence-corrected chi connectivity index (χ1v) is 7.75. The summed E-state index contributed by atoms with van der Waals surface area (Å²) in [6.07, 6.45) is 4.55. The van der Waals surface area contributed by atoms with E-state index in [0.29, 0.717) is 6.10 Å². The van der Waals surface area contributed by atoms with Gasteiger partial charge < -0.3 is 15.0 Å². The van der Waals surface area contributed by atoms with E-state index >= 15 is 0 Å². The Kier molecular flexibility index (Phi) is 5.17. The van der Waals surface area contributed by atoms with Crippen LogP contribution in [0.25, 0.3) is 0 Å². The summed E-state index contributed by atoms with van der Waals surface area (Å²) in [6.45, 7) is 11.1. The molecule has 1 fully saturated rings. The number of likely N-dealkylation sites (N-methyl/N-ethyl adjacent to an activating group) is 1. The van der Waals surface area contributed by atoms with Crippen LogP contribution in [-0.2, 0) is 11.3 Å². The number of rotatable bonds is 5. The molecule has 1 aliphatic heterocycles. The SMILES string of the molecule is Cc1nc(N(C)CC2CCCO2)ncc1CNC(C)(C)C. The highest BCUT2D eigenvalue weighted by atomic mass is 16.5. The molecule has 5 heteroatoms. The number of aryl methyl sites for hydroxylation is 1. The molecule has 0 amide bonds. The minimum Gasteiger partial charge on any atom is -0.376 e. The zero-order valence-electron chi connectivity index (χ0n) is 13.9. The zero-order chi connectivity index (χ0) is 15.5. The topological polar surface area (TPSA) is 50.3 Å². The highest BCUT2D eigenvalue weighted by molar-refractivity contribution is 5.32. The van der Waals surface area contributed by atoms with E-state index in [-0.39, 0.29) is 5.54 Å². The maximum absolute atomic E-state index is 5.67. The molecule has 2 heterocycles. The van der Waals surface area contributed by atoms with Crippen molar-refractivity contribution in [2.45, 2.75) is 58.7 Å². The van der Waals surface area contributed by atoms with Crippen LogP contribution >= 0.6 is 0 Å². The molecule has 0 bridgehead atoms. The van der Waals surface area contributed by atoms with Gasteiger partial charge in [-0.05, 0) is 40.5 Å². The lowest BCUT2D eigenvalue weighted by Gasteiger charge is -2.23. The quantitative estimate of drug-likeness (QED) is 0.902. The first kappa shape index (κ1) is 16.2. The summed E-state index contributed by atoms with van der Waals surface area (Å²) < 4.78 is 5.67. The van der Waals surface area contributed by atoms with Crippen LogP contribution in [-0.4, -0.2) is 41.8 Å². The predicted octanol–water partition coefficient (Wildman–Crippen LogP) is 2.29. The number of hydrogen-bond acceptors (Lipinski definition) is 5. The second-order valence-corrected chi connectivity index (χ2v) is 6.90. The molecule has 1 unspecified atom stereocenters. The van der Waals surface area contributed by atoms with Gasteiger partial charge >= 0.3 is 0 Å². The smallest absolute Gasteiger partial charge is 0.225 e. The van der Waals surface area contributed by atoms with Crippen molar-refractivity contribution < 1.29 is 4.74 Å². The van der Waals surface area contributed by atoms with E-state index < -0.39 is 0 Å². The lowest BCUT2D eigenvalue weighted by atomic mass is 10.1. The third kappa shape index (κ3) is 4.93. The Morgan fingerprint density at radius 3 is 2.76 bits per heavy atom. The molecule has 5 nitrogen and oxygen atoms in total. The molecule has 118 valence electrons. The minimum atomic E-state index is 0.0989. The van der Waals surface area contributed by atoms with E-state index in [2.05, 4.69) is 41.0 Å². The van der Waals surface area contributed by atoms with E-state index in [9.17, 15) is 0 Å². The van der Waals surface area contributed by atoms with Crippen molar-refractivity contribution in [1.29, 1.82) is 0 Å². The van der Waals surface area contributed by atoms with Crippen molar-refractivity contribution in [2.24, 2.45) is 0 Å². The van der Waals surface area contributed by atoms with Gasteiger partial charge in [0.05, 0.1) is 6.10 Å². The molecule has 0 radical (unpaired) electrons. The van der Waals surface area contributed by atoms with Crippen molar-refractivity contribution in [3.63, 3.8) is 0 Å². The van der Waals surface area contributed by atoms with E-state index in [1.807, 2.05) is 20.2 Å². The Morgan fingerprint density at radius 2 is 2.19 bits per heavy atom. The molecule has 1 aromatic rings. The Labute approximate surface area is 128 Å². The first-order valence-electron chi connectivity index (χ1n) is 7.75. The number of ether oxygens (including phenoxy) is 1. The zero-order valence-corrected chi connectivity index (χ0v) is 13.9. The number of hydrogen-bond donors (Lipinski definition) is 1. The molecule has 1 aromatic heterocycles. The Hall–Kier alpha value is -1.20. The van der Waals surface area contributed by atoms with Gasteiger partial charge in [0.25, 0.3) is 0 Å². The molecule has 0 aliphatic carbocycles. The second kappa shape index (κ2) is 6.71. The Balaban J connectivity index is 1.97. The lowest BCUT2D eigenvalue weighted by molar-refractivity contribution is 0.116. The molecule has 1 saturated heterocycles. The van der Waals surface area contributed by atoms with Crippen LogP contribution in [0.15, 0.2) is 6.20 Å². The van der Waals surface area contributed by atoms with Gasteiger partial charge in [-0.3, -0.25) is 0 Å². The normalized spacial score (nSPS) is 19.0. The molecular formula is C16H28N4O. The van der Waals surface area contributed by atoms with Crippen LogP contribution in [0.2, 0.25) is 0 Å². The van der Waals surface area contributed by atoms with E-state index in [1.165, 1.54) is 0 Å². The molecule has 1 aliphatic rings. The van der Waals surface area contributed by atoms with Crippen molar-refractivity contribution >= 4 is 5.95 Å². The maximum atomic E-state index is 5.67. The average Bonchev–Trinajstić information content (AvgIpc) is 2.89. The molecule has 1 N–H and O–H groups in total. The van der Waals surface area contributed by atoms with Gasteiger partial charge in [-0.2, -0.15) is 0 Å². The monoisotopic (exact) mass is 292 g/mol. The molecule has 0 aromatic carbocycles. The van der Waals surface area contributed by atoms with Gasteiger partial charge in [0.1, 0.15) is 0 Å². The van der Waals surface area contributed by atoms with Crippen molar-refractivity contribution in [3.05, 3.63) is 17.5 Å². The first-order chi connectivity index (χ1) is 9.85. The number of nitrogens with one attached hydrogen (secondary N) is 1. The van der Waals surface area contributed by atoms with Gasteiger partial charge in [0.15, 0.2) is 0 Å². The molecule has 2 rings (SSSR count). The van der Waals surface area contributed by atoms with Crippen molar-refractivity contribution in [3.8, 4) is 0 Å². The molecule has 1 atom stereocenters. The Bertz CT molecular complexity index is 464. The third-order valence-corrected chi connectivity index (χ3v) is 3.72. The van der Waals surface area contributed by atoms with Gasteiger partial charge in [-0.1, -0.05) is 0 Å². The van der Waals surface area contributed by atoms with Crippen molar-refractivity contribution in [1.82, 2.24) is 15.3 Å². The fourth-order valence-electron chi connectivity index (χ4n) is 2.37. The van der Waals surface area contributed by atoms with E-state index in [0.717, 1.165) is 49.7 Å². The highest BCUT2D eigenvalue weighted by Crippen LogP contribution is 2.16. The minimum absolute atomic E-state index is 0.0989. The lowest BCUT2D eigenvalue weighted by Crippen LogP contribution is -2.35. The van der Waals surface area contributed by atoms with Crippen LogP contribution in [0, 0.1) is 6.92 Å². The van der Waals surface area contributed by atoms with Gasteiger partial charge in [-0.25, -0.2) is 9.97 Å². The Morgan fingerprint density at radius 1 is 1.43 bits per heavy atom. The summed E-state index contributed by atoms with van der Waals surface area (Å²) in [5.41, 5.74) is 2.29. The summed E-state index contributed by atoms with van der Waals surface area (Å²) in [4.78, 5) is 11.2. The van der Waals surface area contributed by atoms with Gasteiger partial charge in [0, 0.05) is 49.7 Å². The highest BCUT2D eigenvalue weighted by Gasteiger charge is 2.19. The van der Waals surface area contributed by atoms with Gasteiger partial charge in [-0.15, -0.1) is 0 Å². The standard InChI is InChI=1S/C16H28N4O/c1-12-13(10-18-16(2,3)4)9-17-15(19-12)20(5)11-14-7-6-8-21-14/h9,14,18H,6-8,10-11H2,1-5H3. The largest absolute Gasteiger partial charge is 0.376 e. The molecule has 0 saturated carbocycles. The van der Waals surface area contributed by atoms with Gasteiger partial charge in [0.2, 0.25) is 5.95 Å². The van der Waals surface area contributed by atoms with Crippen LogP contribution in [0.4, 0.5) is 5.95 Å². The van der Waals surface area contributed by atoms with E-state index in [1.54, 1.807) is 0 Å². The average molecular weight is 292 g/mol. The molecular weight excluding hydrogens is 264 g/mol. The molecule has 0 spiro atoms. The van der Waals surface area contributed by atoms with Crippen molar-refractivity contribution in [2.75, 3.05) is 25.1 Å². The van der Waals surface area contributed by atoms with Crippen LogP contribution in [0.5, 0.6) is 0 Å². The predicted molar refractivity (Wildman–Crippen MR) is 85.6 cm³/mol. The summed E-state index contributed by atoms with van der Waals surface area (Å²) in [5, 5.41) is 3.47. The summed E-state index contributed by atoms with van der Waals surface area (Å²) in [6, 6.07) is 0. The van der Waals surface area contributed by atoms with Crippen LogP contribution < -0.4 is 10.2 Å². The van der Waals surface area contributed by atoms with Crippen LogP contribution in [0.1, 0.15) is 44.9 Å². The molecule has 21 heavy (non-hydrogen) atoms. The summed E-state index contributed by atoms with van der Waals surface area (Å²) >= 11 is 0. The fourth-order valence-corrected chi connectivity index (χ4v) is 2.37. The van der Waals surface area contributed by atoms with E-state index in [4.69, 9.17) is 4.74 Å². The van der Waals surface area contributed by atoms with Crippen LogP contribution in [0.3, 0.4) is 0 Å². The number of nitrogens with zero attached hydrogens (tertiary/aromatic N) is 3. The fraction of sp³-hybridized carbons (Fsp3) is 0.750. The third-order valence-electron chi connectivity index (χ3n) is 3.72. The summed E-state index contributed by atoms with van der Waals surface area (Å²) in [5.74, 6) is 0.780. The number of anilines is 1. The maximum Gasteiger partial charge on any atom is 0.225 e.